The summed E-state index contributed by atoms with van der Waals surface area (Å²) in [5, 5.41) is 0. The number of nitrogens with two attached hydrogens (primary N) is 1. The summed E-state index contributed by atoms with van der Waals surface area (Å²) in [6.07, 6.45) is 1.95. The molecule has 0 saturated heterocycles. The zero-order valence-corrected chi connectivity index (χ0v) is 12.5. The maximum absolute atomic E-state index is 13.7. The third-order valence-electron chi connectivity index (χ3n) is 2.99. The highest BCUT2D eigenvalue weighted by Crippen LogP contribution is 2.21. The molecule has 0 fully saturated rings. The van der Waals surface area contributed by atoms with Crippen LogP contribution in [0.25, 0.3) is 0 Å². The smallest absolute Gasteiger partial charge is 0.264 e. The second-order valence-corrected chi connectivity index (χ2v) is 6.39. The molecule has 6 heteroatoms. The first-order chi connectivity index (χ1) is 9.92. The minimum atomic E-state index is -3.97. The van der Waals surface area contributed by atoms with Gasteiger partial charge in [0.1, 0.15) is 10.7 Å². The van der Waals surface area contributed by atoms with Gasteiger partial charge < -0.3 is 5.73 Å². The van der Waals surface area contributed by atoms with Gasteiger partial charge in [-0.3, -0.25) is 4.72 Å². The highest BCUT2D eigenvalue weighted by molar-refractivity contribution is 7.92. The number of aryl methyl sites for hydroxylation is 1. The number of rotatable bonds is 5. The van der Waals surface area contributed by atoms with Crippen LogP contribution in [0.15, 0.2) is 47.4 Å². The maximum Gasteiger partial charge on any atom is 0.264 e. The number of nitrogen functional groups attached to an aromatic ring is 1. The van der Waals surface area contributed by atoms with E-state index in [-0.39, 0.29) is 5.69 Å². The van der Waals surface area contributed by atoms with Crippen LogP contribution in [0.4, 0.5) is 15.8 Å². The first-order valence-corrected chi connectivity index (χ1v) is 8.07. The van der Waals surface area contributed by atoms with Gasteiger partial charge in [-0.2, -0.15) is 0 Å². The van der Waals surface area contributed by atoms with Crippen molar-refractivity contribution in [3.63, 3.8) is 0 Å². The highest BCUT2D eigenvalue weighted by atomic mass is 32.2. The van der Waals surface area contributed by atoms with Crippen molar-refractivity contribution in [2.24, 2.45) is 0 Å². The predicted molar refractivity (Wildman–Crippen MR) is 82.1 cm³/mol. The van der Waals surface area contributed by atoms with E-state index in [0.717, 1.165) is 30.5 Å². The van der Waals surface area contributed by atoms with Crippen LogP contribution in [0.1, 0.15) is 18.9 Å². The predicted octanol–water partition coefficient (Wildman–Crippen LogP) is 3.16. The minimum Gasteiger partial charge on any atom is -0.399 e. The number of nitrogens with one attached hydrogen (secondary N) is 1. The van der Waals surface area contributed by atoms with E-state index in [9.17, 15) is 12.8 Å². The van der Waals surface area contributed by atoms with E-state index < -0.39 is 20.7 Å². The van der Waals surface area contributed by atoms with Crippen LogP contribution in [0.5, 0.6) is 0 Å². The standard InChI is InChI=1S/C15H17FN2O2S/c1-2-3-11-4-7-13(8-5-11)18-21(19,20)15-9-6-12(17)10-14(15)16/h4-10,18H,2-3,17H2,1H3. The third-order valence-corrected chi connectivity index (χ3v) is 4.40. The van der Waals surface area contributed by atoms with Gasteiger partial charge in [0, 0.05) is 11.4 Å². The molecule has 0 atom stereocenters. The van der Waals surface area contributed by atoms with Crippen molar-refractivity contribution in [3.05, 3.63) is 53.8 Å². The van der Waals surface area contributed by atoms with Gasteiger partial charge in [0.25, 0.3) is 10.0 Å². The topological polar surface area (TPSA) is 72.2 Å². The van der Waals surface area contributed by atoms with Gasteiger partial charge >= 0.3 is 0 Å². The molecule has 21 heavy (non-hydrogen) atoms. The molecule has 0 amide bonds. The van der Waals surface area contributed by atoms with Crippen LogP contribution < -0.4 is 10.5 Å². The second-order valence-electron chi connectivity index (χ2n) is 4.74. The largest absolute Gasteiger partial charge is 0.399 e. The lowest BCUT2D eigenvalue weighted by molar-refractivity contribution is 0.571. The third kappa shape index (κ3) is 3.72. The molecule has 2 aromatic carbocycles. The van der Waals surface area contributed by atoms with Crippen LogP contribution in [0, 0.1) is 5.82 Å². The summed E-state index contributed by atoms with van der Waals surface area (Å²) in [5.41, 5.74) is 7.11. The molecule has 0 saturated carbocycles. The van der Waals surface area contributed by atoms with Gasteiger partial charge in [0.05, 0.1) is 0 Å². The van der Waals surface area contributed by atoms with Crippen molar-refractivity contribution in [1.82, 2.24) is 0 Å². The van der Waals surface area contributed by atoms with E-state index in [1.807, 2.05) is 12.1 Å². The molecule has 0 spiro atoms. The molecule has 0 bridgehead atoms. The van der Waals surface area contributed by atoms with Crippen LogP contribution >= 0.6 is 0 Å². The summed E-state index contributed by atoms with van der Waals surface area (Å²) in [7, 11) is -3.97. The molecular formula is C15H17FN2O2S. The summed E-state index contributed by atoms with van der Waals surface area (Å²) in [6.45, 7) is 2.07. The number of halogens is 1. The van der Waals surface area contributed by atoms with Crippen molar-refractivity contribution in [2.75, 3.05) is 10.5 Å². The molecule has 112 valence electrons. The SMILES string of the molecule is CCCc1ccc(NS(=O)(=O)c2ccc(N)cc2F)cc1. The molecule has 3 N–H and O–H groups in total. The number of hydrogen-bond acceptors (Lipinski definition) is 3. The molecular weight excluding hydrogens is 291 g/mol. The van der Waals surface area contributed by atoms with Crippen LogP contribution in [-0.2, 0) is 16.4 Å². The van der Waals surface area contributed by atoms with Crippen molar-refractivity contribution in [2.45, 2.75) is 24.7 Å². The number of hydrogen-bond donors (Lipinski definition) is 2. The van der Waals surface area contributed by atoms with Crippen LogP contribution in [-0.4, -0.2) is 8.42 Å². The molecule has 0 unspecified atom stereocenters. The molecule has 0 aliphatic rings. The van der Waals surface area contributed by atoms with Crippen molar-refractivity contribution >= 4 is 21.4 Å². The van der Waals surface area contributed by atoms with Crippen LogP contribution in [0.3, 0.4) is 0 Å². The first kappa shape index (κ1) is 15.3. The normalized spacial score (nSPS) is 11.3. The van der Waals surface area contributed by atoms with Gasteiger partial charge in [-0.1, -0.05) is 25.5 Å². The van der Waals surface area contributed by atoms with E-state index in [1.165, 1.54) is 6.07 Å². The molecule has 2 aromatic rings. The number of sulfonamides is 1. The molecule has 0 aliphatic carbocycles. The summed E-state index contributed by atoms with van der Waals surface area (Å²) in [5.74, 6) is -0.870. The lowest BCUT2D eigenvalue weighted by Gasteiger charge is -2.10. The number of benzene rings is 2. The Morgan fingerprint density at radius 2 is 1.81 bits per heavy atom. The van der Waals surface area contributed by atoms with Gasteiger partial charge in [0.2, 0.25) is 0 Å². The summed E-state index contributed by atoms with van der Waals surface area (Å²) in [6, 6.07) is 10.5. The zero-order chi connectivity index (χ0) is 15.5. The van der Waals surface area contributed by atoms with Crippen LogP contribution in [0.2, 0.25) is 0 Å². The molecule has 0 aromatic heterocycles. The Balaban J connectivity index is 2.24. The van der Waals surface area contributed by atoms with Gasteiger partial charge in [-0.05, 0) is 42.3 Å². The van der Waals surface area contributed by atoms with E-state index >= 15 is 0 Å². The number of anilines is 2. The van der Waals surface area contributed by atoms with Gasteiger partial charge in [0.15, 0.2) is 0 Å². The average molecular weight is 308 g/mol. The Labute approximate surface area is 123 Å². The summed E-state index contributed by atoms with van der Waals surface area (Å²) in [4.78, 5) is -0.422. The Bertz CT molecular complexity index is 728. The van der Waals surface area contributed by atoms with E-state index in [2.05, 4.69) is 11.6 Å². The monoisotopic (exact) mass is 308 g/mol. The van der Waals surface area contributed by atoms with Crippen molar-refractivity contribution < 1.29 is 12.8 Å². The van der Waals surface area contributed by atoms with Gasteiger partial charge in [-0.25, -0.2) is 12.8 Å². The van der Waals surface area contributed by atoms with E-state index in [4.69, 9.17) is 5.73 Å². The fraction of sp³-hybridized carbons (Fsp3) is 0.200. The Morgan fingerprint density at radius 1 is 1.14 bits per heavy atom. The fourth-order valence-electron chi connectivity index (χ4n) is 1.97. The minimum absolute atomic E-state index is 0.176. The summed E-state index contributed by atoms with van der Waals surface area (Å²) < 4.78 is 40.4. The second kappa shape index (κ2) is 6.13. The van der Waals surface area contributed by atoms with E-state index in [0.29, 0.717) is 5.69 Å². The molecule has 0 radical (unpaired) electrons. The average Bonchev–Trinajstić information content (AvgIpc) is 2.40. The molecule has 2 rings (SSSR count). The van der Waals surface area contributed by atoms with Gasteiger partial charge in [-0.15, -0.1) is 0 Å². The quantitative estimate of drug-likeness (QED) is 0.833. The molecule has 0 heterocycles. The maximum atomic E-state index is 13.7. The zero-order valence-electron chi connectivity index (χ0n) is 11.6. The van der Waals surface area contributed by atoms with Crippen molar-refractivity contribution in [1.29, 1.82) is 0 Å². The Kier molecular flexibility index (Phi) is 4.47. The fourth-order valence-corrected chi connectivity index (χ4v) is 3.09. The molecule has 0 aliphatic heterocycles. The lowest BCUT2D eigenvalue weighted by atomic mass is 10.1. The molecule has 4 nitrogen and oxygen atoms in total. The Hall–Kier alpha value is -2.08. The van der Waals surface area contributed by atoms with E-state index in [1.54, 1.807) is 12.1 Å². The summed E-state index contributed by atoms with van der Waals surface area (Å²) >= 11 is 0. The Morgan fingerprint density at radius 3 is 2.38 bits per heavy atom. The lowest BCUT2D eigenvalue weighted by Crippen LogP contribution is -2.14. The highest BCUT2D eigenvalue weighted by Gasteiger charge is 2.19. The van der Waals surface area contributed by atoms with Crippen molar-refractivity contribution in [3.8, 4) is 0 Å². The first-order valence-electron chi connectivity index (χ1n) is 6.59.